The average molecular weight is 230 g/mol. The zero-order valence-electron chi connectivity index (χ0n) is 4.30. The quantitative estimate of drug-likeness (QED) is 0.364. The Labute approximate surface area is 60.8 Å². The zero-order chi connectivity index (χ0) is 6.73. The fraction of sp³-hybridized carbons (Fsp3) is 0.500. The lowest BCUT2D eigenvalue weighted by atomic mass is 10.4. The Kier molecular flexibility index (Phi) is 2.96. The van der Waals surface area contributed by atoms with Crippen molar-refractivity contribution in [1.82, 2.24) is 0 Å². The van der Waals surface area contributed by atoms with Crippen molar-refractivity contribution in [3.05, 3.63) is 11.7 Å². The van der Waals surface area contributed by atoms with Gasteiger partial charge in [0, 0.05) is 0 Å². The highest BCUT2D eigenvalue weighted by Gasteiger charge is 2.06. The summed E-state index contributed by atoms with van der Waals surface area (Å²) in [5.74, 6) is -1.38. The van der Waals surface area contributed by atoms with E-state index in [9.17, 15) is 0 Å². The molecule has 4 heteroatoms. The van der Waals surface area contributed by atoms with Crippen molar-refractivity contribution in [3.8, 4) is 0 Å². The molecular weight excluding hydrogens is 223 g/mol. The number of halogens is 1. The number of aliphatic hydroxyl groups is 3. The smallest absolute Gasteiger partial charge is 0.314 e. The molecule has 0 amide bonds. The van der Waals surface area contributed by atoms with Crippen molar-refractivity contribution in [3.63, 3.8) is 0 Å². The molecule has 0 heterocycles. The Balaban J connectivity index is 4.00. The predicted octanol–water partition coefficient (Wildman–Crippen LogP) is 1.65. The van der Waals surface area contributed by atoms with Gasteiger partial charge in [-0.3, -0.25) is 0 Å². The minimum Gasteiger partial charge on any atom is -0.505 e. The van der Waals surface area contributed by atoms with Crippen molar-refractivity contribution in [2.24, 2.45) is 0 Å². The van der Waals surface area contributed by atoms with Crippen LogP contribution in [0.5, 0.6) is 0 Å². The molecule has 1 unspecified atom stereocenters. The van der Waals surface area contributed by atoms with E-state index in [1.165, 1.54) is 0 Å². The highest BCUT2D eigenvalue weighted by molar-refractivity contribution is 14.1. The molecule has 0 fully saturated rings. The van der Waals surface area contributed by atoms with Gasteiger partial charge < -0.3 is 15.3 Å². The van der Waals surface area contributed by atoms with Crippen LogP contribution in [0.4, 0.5) is 0 Å². The number of alkyl halides is 1. The summed E-state index contributed by atoms with van der Waals surface area (Å²) in [5, 5.41) is 24.9. The van der Waals surface area contributed by atoms with Crippen molar-refractivity contribution in [2.45, 2.75) is 10.8 Å². The number of allylic oxidation sites excluding steroid dienone is 1. The van der Waals surface area contributed by atoms with Gasteiger partial charge in [0.25, 0.3) is 0 Å². The maximum absolute atomic E-state index is 8.58. The van der Waals surface area contributed by atoms with Gasteiger partial charge in [-0.05, 0) is 6.92 Å². The molecule has 48 valence electrons. The standard InChI is InChI=1S/C4H7IO3/c1-2(5)3(6)4(7)8/h2,6-8H,1H3. The third-order valence-corrected chi connectivity index (χ3v) is 1.20. The Morgan fingerprint density at radius 2 is 1.75 bits per heavy atom. The van der Waals surface area contributed by atoms with Crippen LogP contribution in [0.2, 0.25) is 0 Å². The monoisotopic (exact) mass is 230 g/mol. The number of hydrogen-bond donors (Lipinski definition) is 3. The topological polar surface area (TPSA) is 60.7 Å². The second kappa shape index (κ2) is 3.01. The van der Waals surface area contributed by atoms with E-state index >= 15 is 0 Å². The van der Waals surface area contributed by atoms with Gasteiger partial charge in [0.1, 0.15) is 0 Å². The predicted molar refractivity (Wildman–Crippen MR) is 38.4 cm³/mol. The van der Waals surface area contributed by atoms with Crippen LogP contribution in [0.25, 0.3) is 0 Å². The summed E-state index contributed by atoms with van der Waals surface area (Å²) in [5.41, 5.74) is 0. The molecule has 0 aliphatic heterocycles. The SMILES string of the molecule is CC(I)C(O)=C(O)O. The summed E-state index contributed by atoms with van der Waals surface area (Å²) in [6.07, 6.45) is 0. The van der Waals surface area contributed by atoms with Crippen LogP contribution < -0.4 is 0 Å². The molecule has 0 bridgehead atoms. The van der Waals surface area contributed by atoms with Gasteiger partial charge >= 0.3 is 5.95 Å². The van der Waals surface area contributed by atoms with E-state index in [1.807, 2.05) is 22.6 Å². The molecule has 0 saturated heterocycles. The molecule has 1 atom stereocenters. The Morgan fingerprint density at radius 1 is 1.38 bits per heavy atom. The lowest BCUT2D eigenvalue weighted by Gasteiger charge is -1.98. The lowest BCUT2D eigenvalue weighted by molar-refractivity contribution is 0.157. The van der Waals surface area contributed by atoms with Crippen LogP contribution in [0.1, 0.15) is 6.92 Å². The van der Waals surface area contributed by atoms with Gasteiger partial charge in [-0.25, -0.2) is 0 Å². The number of aliphatic hydroxyl groups excluding tert-OH is 2. The first-order valence-electron chi connectivity index (χ1n) is 2.01. The molecular formula is C4H7IO3. The molecule has 3 N–H and O–H groups in total. The van der Waals surface area contributed by atoms with Crippen molar-refractivity contribution < 1.29 is 15.3 Å². The third kappa shape index (κ3) is 2.25. The van der Waals surface area contributed by atoms with Gasteiger partial charge in [0.05, 0.1) is 3.92 Å². The summed E-state index contributed by atoms with van der Waals surface area (Å²) >= 11 is 1.86. The average Bonchev–Trinajstić information content (AvgIpc) is 1.64. The first-order valence-corrected chi connectivity index (χ1v) is 3.25. The molecule has 0 radical (unpaired) electrons. The third-order valence-electron chi connectivity index (χ3n) is 0.606. The van der Waals surface area contributed by atoms with Crippen molar-refractivity contribution in [2.75, 3.05) is 0 Å². The summed E-state index contributed by atoms with van der Waals surface area (Å²) in [7, 11) is 0. The van der Waals surface area contributed by atoms with E-state index in [4.69, 9.17) is 15.3 Å². The fourth-order valence-corrected chi connectivity index (χ4v) is 0.456. The van der Waals surface area contributed by atoms with Crippen LogP contribution in [0.15, 0.2) is 11.7 Å². The Hall–Kier alpha value is -0.130. The molecule has 8 heavy (non-hydrogen) atoms. The van der Waals surface area contributed by atoms with Crippen LogP contribution in [0, 0.1) is 0 Å². The van der Waals surface area contributed by atoms with E-state index in [0.29, 0.717) is 0 Å². The van der Waals surface area contributed by atoms with Gasteiger partial charge in [-0.1, -0.05) is 22.6 Å². The summed E-state index contributed by atoms with van der Waals surface area (Å²) in [6, 6.07) is 0. The first kappa shape index (κ1) is 7.87. The zero-order valence-corrected chi connectivity index (χ0v) is 6.45. The summed E-state index contributed by atoms with van der Waals surface area (Å²) in [4.78, 5) is 0. The maximum Gasteiger partial charge on any atom is 0.314 e. The van der Waals surface area contributed by atoms with E-state index in [0.717, 1.165) is 0 Å². The molecule has 0 aliphatic carbocycles. The van der Waals surface area contributed by atoms with Crippen molar-refractivity contribution in [1.29, 1.82) is 0 Å². The van der Waals surface area contributed by atoms with Gasteiger partial charge in [-0.15, -0.1) is 0 Å². The van der Waals surface area contributed by atoms with Gasteiger partial charge in [0.15, 0.2) is 5.76 Å². The Bertz CT molecular complexity index is 104. The van der Waals surface area contributed by atoms with E-state index in [1.54, 1.807) is 6.92 Å². The van der Waals surface area contributed by atoms with Gasteiger partial charge in [0.2, 0.25) is 0 Å². The Morgan fingerprint density at radius 3 is 1.75 bits per heavy atom. The highest BCUT2D eigenvalue weighted by Crippen LogP contribution is 2.09. The minimum absolute atomic E-state index is 0.252. The van der Waals surface area contributed by atoms with E-state index in [2.05, 4.69) is 0 Å². The van der Waals surface area contributed by atoms with E-state index in [-0.39, 0.29) is 9.68 Å². The molecule has 0 saturated carbocycles. The molecule has 0 rings (SSSR count). The fourth-order valence-electron chi connectivity index (χ4n) is 0.178. The lowest BCUT2D eigenvalue weighted by Crippen LogP contribution is -1.99. The van der Waals surface area contributed by atoms with Crippen molar-refractivity contribution >= 4 is 22.6 Å². The van der Waals surface area contributed by atoms with Crippen LogP contribution in [-0.2, 0) is 0 Å². The van der Waals surface area contributed by atoms with Crippen LogP contribution >= 0.6 is 22.6 Å². The highest BCUT2D eigenvalue weighted by atomic mass is 127. The maximum atomic E-state index is 8.58. The molecule has 3 nitrogen and oxygen atoms in total. The summed E-state index contributed by atoms with van der Waals surface area (Å²) < 4.78 is -0.252. The summed E-state index contributed by atoms with van der Waals surface area (Å²) in [6.45, 7) is 1.64. The molecule has 0 aromatic heterocycles. The molecule has 0 aliphatic rings. The van der Waals surface area contributed by atoms with E-state index < -0.39 is 5.95 Å². The van der Waals surface area contributed by atoms with Crippen LogP contribution in [0.3, 0.4) is 0 Å². The molecule has 0 aromatic carbocycles. The molecule has 0 aromatic rings. The van der Waals surface area contributed by atoms with Gasteiger partial charge in [-0.2, -0.15) is 0 Å². The number of rotatable bonds is 1. The second-order valence-electron chi connectivity index (χ2n) is 1.32. The second-order valence-corrected chi connectivity index (χ2v) is 3.19. The minimum atomic E-state index is -0.994. The molecule has 0 spiro atoms. The normalized spacial score (nSPS) is 12.8. The first-order chi connectivity index (χ1) is 3.55. The largest absolute Gasteiger partial charge is 0.505 e. The number of hydrogen-bond acceptors (Lipinski definition) is 3. The van der Waals surface area contributed by atoms with Crippen LogP contribution in [-0.4, -0.2) is 19.2 Å².